The highest BCUT2D eigenvalue weighted by atomic mass is 19.2. The highest BCUT2D eigenvalue weighted by Crippen LogP contribution is 2.12. The fourth-order valence-electron chi connectivity index (χ4n) is 1.61. The molecule has 2 rings (SSSR count). The van der Waals surface area contributed by atoms with Gasteiger partial charge in [0.1, 0.15) is 0 Å². The molecule has 6 heteroatoms. The standard InChI is InChI=1S/C13H12F2N2O2/c1-17-8-10(7-16-17)13(18)19-6-5-9-3-2-4-11(14)12(9)15/h2-4,7-8H,5-6H2,1H3. The third kappa shape index (κ3) is 3.15. The van der Waals surface area contributed by atoms with Crippen LogP contribution in [0.15, 0.2) is 30.6 Å². The summed E-state index contributed by atoms with van der Waals surface area (Å²) in [5.41, 5.74) is 0.501. The van der Waals surface area contributed by atoms with Gasteiger partial charge in [-0.15, -0.1) is 0 Å². The molecule has 4 nitrogen and oxygen atoms in total. The zero-order valence-electron chi connectivity index (χ0n) is 10.3. The van der Waals surface area contributed by atoms with Crippen LogP contribution in [-0.4, -0.2) is 22.4 Å². The Bertz CT molecular complexity index is 596. The molecule has 100 valence electrons. The Balaban J connectivity index is 1.90. The maximum atomic E-state index is 13.3. The zero-order valence-corrected chi connectivity index (χ0v) is 10.3. The summed E-state index contributed by atoms with van der Waals surface area (Å²) in [4.78, 5) is 11.6. The van der Waals surface area contributed by atoms with Gasteiger partial charge < -0.3 is 4.74 Å². The molecular formula is C13H12F2N2O2. The average molecular weight is 266 g/mol. The minimum Gasteiger partial charge on any atom is -0.462 e. The topological polar surface area (TPSA) is 44.1 Å². The summed E-state index contributed by atoms with van der Waals surface area (Å²) in [6.07, 6.45) is 3.02. The molecule has 0 aliphatic rings. The third-order valence-corrected chi connectivity index (χ3v) is 2.58. The minimum atomic E-state index is -0.906. The number of rotatable bonds is 4. The molecule has 0 N–H and O–H groups in total. The number of halogens is 2. The smallest absolute Gasteiger partial charge is 0.341 e. The highest BCUT2D eigenvalue weighted by Gasteiger charge is 2.11. The van der Waals surface area contributed by atoms with Gasteiger partial charge in [-0.05, 0) is 11.6 Å². The Morgan fingerprint density at radius 2 is 2.21 bits per heavy atom. The van der Waals surface area contributed by atoms with E-state index in [1.54, 1.807) is 7.05 Å². The van der Waals surface area contributed by atoms with Crippen LogP contribution in [0.3, 0.4) is 0 Å². The van der Waals surface area contributed by atoms with Crippen molar-refractivity contribution in [2.24, 2.45) is 7.05 Å². The highest BCUT2D eigenvalue weighted by molar-refractivity contribution is 5.88. The number of benzene rings is 1. The summed E-state index contributed by atoms with van der Waals surface area (Å²) < 4.78 is 32.7. The van der Waals surface area contributed by atoms with Gasteiger partial charge in [-0.2, -0.15) is 5.10 Å². The van der Waals surface area contributed by atoms with E-state index in [2.05, 4.69) is 5.10 Å². The molecule has 1 aromatic carbocycles. The van der Waals surface area contributed by atoms with Crippen LogP contribution < -0.4 is 0 Å². The van der Waals surface area contributed by atoms with Crippen molar-refractivity contribution in [3.05, 3.63) is 53.4 Å². The molecule has 19 heavy (non-hydrogen) atoms. The largest absolute Gasteiger partial charge is 0.462 e. The lowest BCUT2D eigenvalue weighted by Gasteiger charge is -2.05. The van der Waals surface area contributed by atoms with Gasteiger partial charge in [-0.3, -0.25) is 4.68 Å². The third-order valence-electron chi connectivity index (χ3n) is 2.58. The van der Waals surface area contributed by atoms with Crippen molar-refractivity contribution in [1.82, 2.24) is 9.78 Å². The number of nitrogens with zero attached hydrogens (tertiary/aromatic N) is 2. The molecule has 1 aromatic heterocycles. The molecule has 0 saturated heterocycles. The van der Waals surface area contributed by atoms with E-state index in [4.69, 9.17) is 4.74 Å². The van der Waals surface area contributed by atoms with Crippen LogP contribution >= 0.6 is 0 Å². The number of ether oxygens (including phenoxy) is 1. The quantitative estimate of drug-likeness (QED) is 0.796. The van der Waals surface area contributed by atoms with Crippen molar-refractivity contribution < 1.29 is 18.3 Å². The molecule has 0 spiro atoms. The Hall–Kier alpha value is -2.24. The molecular weight excluding hydrogens is 254 g/mol. The number of carbonyl (C=O) groups excluding carboxylic acids is 1. The Morgan fingerprint density at radius 1 is 1.42 bits per heavy atom. The second-order valence-corrected chi connectivity index (χ2v) is 4.00. The maximum Gasteiger partial charge on any atom is 0.341 e. The number of esters is 1. The summed E-state index contributed by atoms with van der Waals surface area (Å²) >= 11 is 0. The van der Waals surface area contributed by atoms with Gasteiger partial charge in [0.05, 0.1) is 18.4 Å². The molecule has 0 saturated carbocycles. The van der Waals surface area contributed by atoms with Crippen molar-refractivity contribution in [2.75, 3.05) is 6.61 Å². The lowest BCUT2D eigenvalue weighted by Crippen LogP contribution is -2.08. The van der Waals surface area contributed by atoms with Crippen molar-refractivity contribution in [1.29, 1.82) is 0 Å². The van der Waals surface area contributed by atoms with Gasteiger partial charge in [0.2, 0.25) is 0 Å². The van der Waals surface area contributed by atoms with Crippen LogP contribution in [-0.2, 0) is 18.2 Å². The van der Waals surface area contributed by atoms with E-state index in [9.17, 15) is 13.6 Å². The van der Waals surface area contributed by atoms with Crippen LogP contribution in [0.5, 0.6) is 0 Å². The molecule has 0 bridgehead atoms. The molecule has 0 fully saturated rings. The number of hydrogen-bond acceptors (Lipinski definition) is 3. The van der Waals surface area contributed by atoms with Crippen LogP contribution in [0, 0.1) is 11.6 Å². The second kappa shape index (κ2) is 5.60. The Morgan fingerprint density at radius 3 is 2.89 bits per heavy atom. The van der Waals surface area contributed by atoms with E-state index >= 15 is 0 Å². The average Bonchev–Trinajstić information content (AvgIpc) is 2.81. The van der Waals surface area contributed by atoms with E-state index in [0.717, 1.165) is 6.07 Å². The minimum absolute atomic E-state index is 0.0197. The van der Waals surface area contributed by atoms with E-state index in [1.165, 1.54) is 29.2 Å². The molecule has 0 unspecified atom stereocenters. The number of aromatic nitrogens is 2. The summed E-state index contributed by atoms with van der Waals surface area (Å²) in [5.74, 6) is -2.35. The predicted octanol–water partition coefficient (Wildman–Crippen LogP) is 2.10. The molecule has 1 heterocycles. The van der Waals surface area contributed by atoms with Gasteiger partial charge in [-0.25, -0.2) is 13.6 Å². The van der Waals surface area contributed by atoms with E-state index in [0.29, 0.717) is 5.56 Å². The summed E-state index contributed by atoms with van der Waals surface area (Å²) in [6.45, 7) is -0.0197. The fourth-order valence-corrected chi connectivity index (χ4v) is 1.61. The predicted molar refractivity (Wildman–Crippen MR) is 63.6 cm³/mol. The first kappa shape index (κ1) is 13.2. The van der Waals surface area contributed by atoms with Crippen molar-refractivity contribution in [3.8, 4) is 0 Å². The number of carbonyl (C=O) groups is 1. The SMILES string of the molecule is Cn1cc(C(=O)OCCc2cccc(F)c2F)cn1. The van der Waals surface area contributed by atoms with Crippen LogP contribution in [0.1, 0.15) is 15.9 Å². The Labute approximate surface area is 108 Å². The van der Waals surface area contributed by atoms with Crippen LogP contribution in [0.4, 0.5) is 8.78 Å². The lowest BCUT2D eigenvalue weighted by molar-refractivity contribution is 0.0508. The molecule has 2 aromatic rings. The van der Waals surface area contributed by atoms with Gasteiger partial charge in [0.15, 0.2) is 11.6 Å². The number of aryl methyl sites for hydroxylation is 1. The first-order chi connectivity index (χ1) is 9.08. The molecule has 0 atom stereocenters. The zero-order chi connectivity index (χ0) is 13.8. The fraction of sp³-hybridized carbons (Fsp3) is 0.231. The van der Waals surface area contributed by atoms with Crippen LogP contribution in [0.25, 0.3) is 0 Å². The van der Waals surface area contributed by atoms with Gasteiger partial charge in [0, 0.05) is 19.7 Å². The van der Waals surface area contributed by atoms with Crippen molar-refractivity contribution in [2.45, 2.75) is 6.42 Å². The van der Waals surface area contributed by atoms with E-state index < -0.39 is 17.6 Å². The van der Waals surface area contributed by atoms with Crippen LogP contribution in [0.2, 0.25) is 0 Å². The lowest BCUT2D eigenvalue weighted by atomic mass is 10.1. The van der Waals surface area contributed by atoms with Crippen molar-refractivity contribution >= 4 is 5.97 Å². The molecule has 0 amide bonds. The maximum absolute atomic E-state index is 13.3. The first-order valence-electron chi connectivity index (χ1n) is 5.66. The normalized spacial score (nSPS) is 10.5. The van der Waals surface area contributed by atoms with Gasteiger partial charge in [-0.1, -0.05) is 12.1 Å². The Kier molecular flexibility index (Phi) is 3.89. The molecule has 0 radical (unpaired) electrons. The summed E-state index contributed by atoms with van der Waals surface area (Å²) in [7, 11) is 1.68. The second-order valence-electron chi connectivity index (χ2n) is 4.00. The van der Waals surface area contributed by atoms with E-state index in [-0.39, 0.29) is 18.6 Å². The summed E-state index contributed by atoms with van der Waals surface area (Å²) in [6, 6.07) is 3.91. The molecule has 0 aliphatic heterocycles. The molecule has 0 aliphatic carbocycles. The van der Waals surface area contributed by atoms with E-state index in [1.807, 2.05) is 0 Å². The van der Waals surface area contributed by atoms with Crippen molar-refractivity contribution in [3.63, 3.8) is 0 Å². The van der Waals surface area contributed by atoms with Gasteiger partial charge >= 0.3 is 5.97 Å². The first-order valence-corrected chi connectivity index (χ1v) is 5.66. The monoisotopic (exact) mass is 266 g/mol. The number of hydrogen-bond donors (Lipinski definition) is 0. The van der Waals surface area contributed by atoms with Gasteiger partial charge in [0.25, 0.3) is 0 Å². The summed E-state index contributed by atoms with van der Waals surface area (Å²) in [5, 5.41) is 3.84.